The number of aromatic nitrogens is 2. The molecule has 0 aliphatic carbocycles. The van der Waals surface area contributed by atoms with Gasteiger partial charge in [0.15, 0.2) is 0 Å². The number of fused-ring (bicyclic) bond motifs is 1. The number of carbonyl (C=O) groups is 1. The Balaban J connectivity index is 1.47. The van der Waals surface area contributed by atoms with Crippen LogP contribution in [-0.4, -0.2) is 26.9 Å². The summed E-state index contributed by atoms with van der Waals surface area (Å²) in [6, 6.07) is 14.6. The lowest BCUT2D eigenvalue weighted by Crippen LogP contribution is -2.38. The van der Waals surface area contributed by atoms with Crippen molar-refractivity contribution < 1.29 is 9.18 Å². The minimum atomic E-state index is -0.404. The molecule has 0 radical (unpaired) electrons. The van der Waals surface area contributed by atoms with Crippen LogP contribution in [0.3, 0.4) is 0 Å². The molecule has 0 saturated carbocycles. The van der Waals surface area contributed by atoms with Gasteiger partial charge in [-0.2, -0.15) is 0 Å². The van der Waals surface area contributed by atoms with Crippen LogP contribution < -0.4 is 10.9 Å². The van der Waals surface area contributed by atoms with Crippen molar-refractivity contribution >= 4 is 11.6 Å². The van der Waals surface area contributed by atoms with E-state index in [4.69, 9.17) is 0 Å². The fourth-order valence-electron chi connectivity index (χ4n) is 3.62. The Labute approximate surface area is 174 Å². The van der Waals surface area contributed by atoms with E-state index in [1.165, 1.54) is 22.5 Å². The molecular weight excluding hydrogens is 383 g/mol. The second kappa shape index (κ2) is 8.59. The summed E-state index contributed by atoms with van der Waals surface area (Å²) in [6.45, 7) is 3.57. The van der Waals surface area contributed by atoms with Crippen LogP contribution in [0.5, 0.6) is 0 Å². The molecule has 1 aromatic heterocycles. The molecule has 0 atom stereocenters. The quantitative estimate of drug-likeness (QED) is 0.708. The molecule has 0 bridgehead atoms. The van der Waals surface area contributed by atoms with E-state index in [2.05, 4.69) is 27.3 Å². The smallest absolute Gasteiger partial charge is 0.258 e. The maximum Gasteiger partial charge on any atom is 0.258 e. The van der Waals surface area contributed by atoms with Crippen molar-refractivity contribution in [2.75, 3.05) is 11.9 Å². The highest BCUT2D eigenvalue weighted by atomic mass is 19.1. The zero-order valence-corrected chi connectivity index (χ0v) is 16.8. The summed E-state index contributed by atoms with van der Waals surface area (Å²) in [6.07, 6.45) is 2.12. The van der Waals surface area contributed by atoms with Crippen molar-refractivity contribution in [1.29, 1.82) is 0 Å². The molecule has 1 N–H and O–H groups in total. The van der Waals surface area contributed by atoms with Gasteiger partial charge in [0.05, 0.1) is 17.6 Å². The minimum absolute atomic E-state index is 0.173. The predicted octanol–water partition coefficient (Wildman–Crippen LogP) is 2.89. The molecule has 2 heterocycles. The van der Waals surface area contributed by atoms with Crippen LogP contribution in [0.4, 0.5) is 10.1 Å². The van der Waals surface area contributed by atoms with Gasteiger partial charge in [-0.25, -0.2) is 9.37 Å². The Morgan fingerprint density at radius 1 is 1.20 bits per heavy atom. The van der Waals surface area contributed by atoms with E-state index in [-0.39, 0.29) is 17.9 Å². The summed E-state index contributed by atoms with van der Waals surface area (Å²) >= 11 is 0. The third-order valence-corrected chi connectivity index (χ3v) is 5.29. The molecule has 154 valence electrons. The molecule has 1 amide bonds. The molecule has 1 aliphatic rings. The summed E-state index contributed by atoms with van der Waals surface area (Å²) in [5.41, 5.74) is 3.27. The Kier molecular flexibility index (Phi) is 5.72. The fraction of sp³-hybridized carbons (Fsp3) is 0.261. The lowest BCUT2D eigenvalue weighted by Gasteiger charge is -2.28. The van der Waals surface area contributed by atoms with Gasteiger partial charge in [-0.15, -0.1) is 0 Å². The Morgan fingerprint density at radius 3 is 2.77 bits per heavy atom. The topological polar surface area (TPSA) is 67.2 Å². The van der Waals surface area contributed by atoms with Gasteiger partial charge < -0.3 is 5.32 Å². The number of aryl methyl sites for hydroxylation is 1. The standard InChI is InChI=1S/C23H23FN4O2/c1-16-7-8-18(11-20(16)24)26-22(29)14-28-15-25-21-9-10-27(13-19(21)23(28)30)12-17-5-3-2-4-6-17/h2-8,11,15H,9-10,12-14H2,1H3,(H,26,29). The first-order chi connectivity index (χ1) is 14.5. The highest BCUT2D eigenvalue weighted by Crippen LogP contribution is 2.17. The summed E-state index contributed by atoms with van der Waals surface area (Å²) in [5.74, 6) is -0.794. The number of amides is 1. The van der Waals surface area contributed by atoms with Crippen LogP contribution in [-0.2, 0) is 30.8 Å². The average molecular weight is 406 g/mol. The van der Waals surface area contributed by atoms with Crippen LogP contribution in [0.25, 0.3) is 0 Å². The number of hydrogen-bond acceptors (Lipinski definition) is 4. The third kappa shape index (κ3) is 4.46. The summed E-state index contributed by atoms with van der Waals surface area (Å²) in [4.78, 5) is 31.9. The van der Waals surface area contributed by atoms with Gasteiger partial charge in [0.25, 0.3) is 5.56 Å². The molecule has 30 heavy (non-hydrogen) atoms. The molecule has 6 nitrogen and oxygen atoms in total. The number of rotatable bonds is 5. The van der Waals surface area contributed by atoms with Crippen molar-refractivity contribution in [3.63, 3.8) is 0 Å². The van der Waals surface area contributed by atoms with Crippen LogP contribution in [0.2, 0.25) is 0 Å². The lowest BCUT2D eigenvalue weighted by molar-refractivity contribution is -0.116. The van der Waals surface area contributed by atoms with Gasteiger partial charge in [-0.05, 0) is 30.2 Å². The SMILES string of the molecule is Cc1ccc(NC(=O)Cn2cnc3c(c2=O)CN(Cc2ccccc2)CC3)cc1F. The molecule has 0 unspecified atom stereocenters. The predicted molar refractivity (Wildman–Crippen MR) is 113 cm³/mol. The highest BCUT2D eigenvalue weighted by Gasteiger charge is 2.22. The number of carbonyl (C=O) groups excluding carboxylic acids is 1. The van der Waals surface area contributed by atoms with E-state index in [0.29, 0.717) is 29.8 Å². The van der Waals surface area contributed by atoms with Gasteiger partial charge in [0.1, 0.15) is 12.4 Å². The molecule has 0 spiro atoms. The first kappa shape index (κ1) is 20.0. The molecule has 0 fully saturated rings. The van der Waals surface area contributed by atoms with Crippen molar-refractivity contribution in [2.45, 2.75) is 33.0 Å². The Morgan fingerprint density at radius 2 is 2.00 bits per heavy atom. The maximum atomic E-state index is 13.7. The zero-order chi connectivity index (χ0) is 21.1. The molecular formula is C23H23FN4O2. The number of nitrogens with zero attached hydrogens (tertiary/aromatic N) is 3. The van der Waals surface area contributed by atoms with E-state index in [1.807, 2.05) is 18.2 Å². The van der Waals surface area contributed by atoms with Crippen LogP contribution in [0, 0.1) is 12.7 Å². The first-order valence-corrected chi connectivity index (χ1v) is 9.89. The number of hydrogen-bond donors (Lipinski definition) is 1. The normalized spacial score (nSPS) is 13.7. The van der Waals surface area contributed by atoms with E-state index in [1.54, 1.807) is 19.1 Å². The molecule has 4 rings (SSSR count). The van der Waals surface area contributed by atoms with E-state index in [0.717, 1.165) is 18.8 Å². The van der Waals surface area contributed by atoms with Gasteiger partial charge in [0.2, 0.25) is 5.91 Å². The van der Waals surface area contributed by atoms with Crippen molar-refractivity contribution in [3.05, 3.63) is 93.4 Å². The van der Waals surface area contributed by atoms with E-state index in [9.17, 15) is 14.0 Å². The molecule has 7 heteroatoms. The van der Waals surface area contributed by atoms with Crippen molar-refractivity contribution in [1.82, 2.24) is 14.5 Å². The second-order valence-electron chi connectivity index (χ2n) is 7.56. The van der Waals surface area contributed by atoms with Crippen LogP contribution in [0.15, 0.2) is 59.7 Å². The van der Waals surface area contributed by atoms with Gasteiger partial charge in [-0.3, -0.25) is 19.1 Å². The number of nitrogens with one attached hydrogen (secondary N) is 1. The maximum absolute atomic E-state index is 13.7. The molecule has 3 aromatic rings. The van der Waals surface area contributed by atoms with Gasteiger partial charge in [-0.1, -0.05) is 36.4 Å². The molecule has 2 aromatic carbocycles. The number of benzene rings is 2. The monoisotopic (exact) mass is 406 g/mol. The lowest BCUT2D eigenvalue weighted by atomic mass is 10.1. The van der Waals surface area contributed by atoms with Gasteiger partial charge >= 0.3 is 0 Å². The fourth-order valence-corrected chi connectivity index (χ4v) is 3.62. The van der Waals surface area contributed by atoms with E-state index < -0.39 is 5.91 Å². The summed E-state index contributed by atoms with van der Waals surface area (Å²) in [7, 11) is 0. The first-order valence-electron chi connectivity index (χ1n) is 9.89. The largest absolute Gasteiger partial charge is 0.324 e. The van der Waals surface area contributed by atoms with Gasteiger partial charge in [0, 0.05) is 31.7 Å². The minimum Gasteiger partial charge on any atom is -0.324 e. The Hall–Kier alpha value is -3.32. The van der Waals surface area contributed by atoms with Crippen molar-refractivity contribution in [3.8, 4) is 0 Å². The molecule has 1 aliphatic heterocycles. The zero-order valence-electron chi connectivity index (χ0n) is 16.8. The molecule has 0 saturated heterocycles. The van der Waals surface area contributed by atoms with Crippen LogP contribution >= 0.6 is 0 Å². The van der Waals surface area contributed by atoms with E-state index >= 15 is 0 Å². The second-order valence-corrected chi connectivity index (χ2v) is 7.56. The highest BCUT2D eigenvalue weighted by molar-refractivity contribution is 5.90. The van der Waals surface area contributed by atoms with Crippen molar-refractivity contribution in [2.24, 2.45) is 0 Å². The summed E-state index contributed by atoms with van der Waals surface area (Å²) < 4.78 is 15.0. The van der Waals surface area contributed by atoms with Crippen LogP contribution in [0.1, 0.15) is 22.4 Å². The average Bonchev–Trinajstić information content (AvgIpc) is 2.74. The third-order valence-electron chi connectivity index (χ3n) is 5.29. The Bertz CT molecular complexity index is 1130. The number of halogens is 1. The summed E-state index contributed by atoms with van der Waals surface area (Å²) in [5, 5.41) is 2.63. The number of anilines is 1.